The van der Waals surface area contributed by atoms with Crippen LogP contribution in [0.1, 0.15) is 15.9 Å². The summed E-state index contributed by atoms with van der Waals surface area (Å²) in [5.41, 5.74) is 2.27. The summed E-state index contributed by atoms with van der Waals surface area (Å²) in [6, 6.07) is 17.1. The Bertz CT molecular complexity index is 905. The van der Waals surface area contributed by atoms with E-state index in [2.05, 4.69) is 4.98 Å². The second-order valence-electron chi connectivity index (χ2n) is 6.12. The van der Waals surface area contributed by atoms with Crippen LogP contribution >= 0.6 is 0 Å². The highest BCUT2D eigenvalue weighted by Crippen LogP contribution is 2.18. The first-order valence-corrected chi connectivity index (χ1v) is 8.73. The summed E-state index contributed by atoms with van der Waals surface area (Å²) < 4.78 is 10.4. The lowest BCUT2D eigenvalue weighted by molar-refractivity contribution is -0.135. The first kappa shape index (κ1) is 18.7. The highest BCUT2D eigenvalue weighted by molar-refractivity contribution is 6.04. The average Bonchev–Trinajstić information content (AvgIpc) is 3.14. The third kappa shape index (κ3) is 4.74. The van der Waals surface area contributed by atoms with Gasteiger partial charge in [-0.3, -0.25) is 4.79 Å². The minimum absolute atomic E-state index is 0.260. The number of rotatable bonds is 8. The molecule has 27 heavy (non-hydrogen) atoms. The fourth-order valence-electron chi connectivity index (χ4n) is 2.83. The van der Waals surface area contributed by atoms with E-state index in [-0.39, 0.29) is 12.5 Å². The number of carbonyl (C=O) groups is 2. The Balaban J connectivity index is 1.63. The number of ether oxygens (including phenoxy) is 2. The van der Waals surface area contributed by atoms with Crippen LogP contribution in [0.4, 0.5) is 0 Å². The zero-order valence-electron chi connectivity index (χ0n) is 15.2. The van der Waals surface area contributed by atoms with Crippen molar-refractivity contribution in [3.05, 3.63) is 71.9 Å². The van der Waals surface area contributed by atoms with Crippen molar-refractivity contribution >= 4 is 22.8 Å². The van der Waals surface area contributed by atoms with E-state index in [0.717, 1.165) is 16.5 Å². The number of hydrogen-bond donors (Lipinski definition) is 1. The molecule has 3 rings (SSSR count). The van der Waals surface area contributed by atoms with Crippen LogP contribution < -0.4 is 0 Å². The molecule has 0 atom stereocenters. The lowest BCUT2D eigenvalue weighted by Gasteiger charge is -2.22. The molecule has 6 nitrogen and oxygen atoms in total. The molecular formula is C21H22N2O4. The Morgan fingerprint density at radius 1 is 1.04 bits per heavy atom. The number of methoxy groups -OCH3 is 1. The summed E-state index contributed by atoms with van der Waals surface area (Å²) in [4.78, 5) is 29.6. The number of nitrogens with zero attached hydrogens (tertiary/aromatic N) is 1. The van der Waals surface area contributed by atoms with Crippen LogP contribution in [-0.4, -0.2) is 48.6 Å². The van der Waals surface area contributed by atoms with Gasteiger partial charge in [-0.15, -0.1) is 0 Å². The van der Waals surface area contributed by atoms with Crippen molar-refractivity contribution in [2.45, 2.75) is 6.54 Å². The van der Waals surface area contributed by atoms with Crippen molar-refractivity contribution in [2.24, 2.45) is 0 Å². The first-order valence-electron chi connectivity index (χ1n) is 8.73. The molecule has 3 aromatic rings. The Labute approximate surface area is 157 Å². The summed E-state index contributed by atoms with van der Waals surface area (Å²) in [5, 5.41) is 0.774. The van der Waals surface area contributed by atoms with Gasteiger partial charge in [-0.1, -0.05) is 48.5 Å². The highest BCUT2D eigenvalue weighted by atomic mass is 16.5. The molecule has 0 fully saturated rings. The fraction of sp³-hybridized carbons (Fsp3) is 0.238. The monoisotopic (exact) mass is 366 g/mol. The topological polar surface area (TPSA) is 71.6 Å². The van der Waals surface area contributed by atoms with Crippen LogP contribution in [0.25, 0.3) is 10.9 Å². The van der Waals surface area contributed by atoms with Gasteiger partial charge in [0.2, 0.25) is 0 Å². The Hall–Kier alpha value is -3.12. The summed E-state index contributed by atoms with van der Waals surface area (Å²) in [5.74, 6) is -0.781. The predicted molar refractivity (Wildman–Crippen MR) is 102 cm³/mol. The second-order valence-corrected chi connectivity index (χ2v) is 6.12. The largest absolute Gasteiger partial charge is 0.452 e. The fourth-order valence-corrected chi connectivity index (χ4v) is 2.83. The minimum atomic E-state index is -0.521. The summed E-state index contributed by atoms with van der Waals surface area (Å²) in [7, 11) is 1.59. The van der Waals surface area contributed by atoms with Crippen LogP contribution in [0.5, 0.6) is 0 Å². The lowest BCUT2D eigenvalue weighted by atomic mass is 10.2. The van der Waals surface area contributed by atoms with Crippen LogP contribution in [0.3, 0.4) is 0 Å². The molecule has 1 amide bonds. The molecule has 0 bridgehead atoms. The molecule has 140 valence electrons. The van der Waals surface area contributed by atoms with Gasteiger partial charge in [-0.25, -0.2) is 4.79 Å². The molecule has 0 aliphatic carbocycles. The first-order chi connectivity index (χ1) is 13.2. The number of esters is 1. The number of aromatic nitrogens is 1. The van der Waals surface area contributed by atoms with Gasteiger partial charge in [0.05, 0.1) is 12.2 Å². The predicted octanol–water partition coefficient (Wildman–Crippen LogP) is 3.00. The zero-order valence-corrected chi connectivity index (χ0v) is 15.2. The Kier molecular flexibility index (Phi) is 6.22. The molecule has 1 aromatic heterocycles. The van der Waals surface area contributed by atoms with Crippen LogP contribution in [0.15, 0.2) is 60.8 Å². The standard InChI is InChI=1S/C21H22N2O4/c1-26-12-11-23(14-16-7-3-2-4-8-16)20(24)15-27-21(25)18-13-22-19-10-6-5-9-17(18)19/h2-10,13,22H,11-12,14-15H2,1H3. The number of hydrogen-bond acceptors (Lipinski definition) is 4. The smallest absolute Gasteiger partial charge is 0.340 e. The number of benzene rings is 2. The average molecular weight is 366 g/mol. The number of carbonyl (C=O) groups excluding carboxylic acids is 2. The van der Waals surface area contributed by atoms with E-state index in [1.54, 1.807) is 18.2 Å². The van der Waals surface area contributed by atoms with E-state index in [1.807, 2.05) is 54.6 Å². The van der Waals surface area contributed by atoms with E-state index in [9.17, 15) is 9.59 Å². The van der Waals surface area contributed by atoms with Crippen LogP contribution in [0, 0.1) is 0 Å². The minimum Gasteiger partial charge on any atom is -0.452 e. The molecule has 0 aliphatic heterocycles. The normalized spacial score (nSPS) is 10.7. The van der Waals surface area contributed by atoms with Gasteiger partial charge < -0.3 is 19.4 Å². The molecule has 0 spiro atoms. The summed E-state index contributed by atoms with van der Waals surface area (Å²) in [6.07, 6.45) is 1.60. The van der Waals surface area contributed by atoms with Gasteiger partial charge >= 0.3 is 5.97 Å². The molecule has 0 saturated heterocycles. The summed E-state index contributed by atoms with van der Waals surface area (Å²) >= 11 is 0. The van der Waals surface area contributed by atoms with Crippen molar-refractivity contribution in [3.63, 3.8) is 0 Å². The molecular weight excluding hydrogens is 344 g/mol. The third-order valence-corrected chi connectivity index (χ3v) is 4.27. The molecule has 0 unspecified atom stereocenters. The second kappa shape index (κ2) is 9.00. The van der Waals surface area contributed by atoms with Gasteiger partial charge in [0, 0.05) is 37.3 Å². The van der Waals surface area contributed by atoms with E-state index in [4.69, 9.17) is 9.47 Å². The van der Waals surface area contributed by atoms with Gasteiger partial charge in [-0.2, -0.15) is 0 Å². The quantitative estimate of drug-likeness (QED) is 0.622. The maximum atomic E-state index is 12.6. The number of fused-ring (bicyclic) bond motifs is 1. The third-order valence-electron chi connectivity index (χ3n) is 4.27. The number of H-pyrrole nitrogens is 1. The van der Waals surface area contributed by atoms with Gasteiger partial charge in [0.25, 0.3) is 5.91 Å². The molecule has 6 heteroatoms. The van der Waals surface area contributed by atoms with Crippen LogP contribution in [-0.2, 0) is 20.8 Å². The molecule has 0 aliphatic rings. The van der Waals surface area contributed by atoms with Crippen molar-refractivity contribution in [1.29, 1.82) is 0 Å². The summed E-state index contributed by atoms with van der Waals surface area (Å²) in [6.45, 7) is 0.965. The van der Waals surface area contributed by atoms with Crippen LogP contribution in [0.2, 0.25) is 0 Å². The maximum Gasteiger partial charge on any atom is 0.340 e. The molecule has 0 radical (unpaired) electrons. The van der Waals surface area contributed by atoms with Crippen molar-refractivity contribution in [2.75, 3.05) is 26.9 Å². The molecule has 1 N–H and O–H groups in total. The number of para-hydroxylation sites is 1. The van der Waals surface area contributed by atoms with Crippen molar-refractivity contribution < 1.29 is 19.1 Å². The molecule has 0 saturated carbocycles. The maximum absolute atomic E-state index is 12.6. The SMILES string of the molecule is COCCN(Cc1ccccc1)C(=O)COC(=O)c1c[nH]c2ccccc12. The Morgan fingerprint density at radius 3 is 2.56 bits per heavy atom. The highest BCUT2D eigenvalue weighted by Gasteiger charge is 2.18. The number of aromatic amines is 1. The van der Waals surface area contributed by atoms with E-state index >= 15 is 0 Å². The van der Waals surface area contributed by atoms with Crippen molar-refractivity contribution in [3.8, 4) is 0 Å². The van der Waals surface area contributed by atoms with Crippen molar-refractivity contribution in [1.82, 2.24) is 9.88 Å². The lowest BCUT2D eigenvalue weighted by Crippen LogP contribution is -2.36. The molecule has 1 heterocycles. The number of amides is 1. The van der Waals surface area contributed by atoms with E-state index < -0.39 is 5.97 Å². The van der Waals surface area contributed by atoms with Gasteiger partial charge in [0.15, 0.2) is 6.61 Å². The number of nitrogens with one attached hydrogen (secondary N) is 1. The molecule has 2 aromatic carbocycles. The van der Waals surface area contributed by atoms with E-state index in [0.29, 0.717) is 25.3 Å². The van der Waals surface area contributed by atoms with Gasteiger partial charge in [0.1, 0.15) is 0 Å². The van der Waals surface area contributed by atoms with Gasteiger partial charge in [-0.05, 0) is 11.6 Å². The zero-order chi connectivity index (χ0) is 19.1. The Morgan fingerprint density at radius 2 is 1.78 bits per heavy atom. The van der Waals surface area contributed by atoms with E-state index in [1.165, 1.54) is 0 Å².